The summed E-state index contributed by atoms with van der Waals surface area (Å²) in [7, 11) is 0.234. The van der Waals surface area contributed by atoms with Crippen molar-refractivity contribution >= 4 is 7.92 Å². The van der Waals surface area contributed by atoms with Crippen molar-refractivity contribution in [3.8, 4) is 0 Å². The Kier molecular flexibility index (Phi) is 7.36. The first kappa shape index (κ1) is 13.2. The average molecular weight is 226 g/mol. The van der Waals surface area contributed by atoms with Gasteiger partial charge in [-0.1, -0.05) is 65.8 Å². The molecule has 0 saturated heterocycles. The van der Waals surface area contributed by atoms with Gasteiger partial charge >= 0.3 is 0 Å². The largest absolute Gasteiger partial charge is 0.0836 e. The fraction of sp³-hybridized carbons (Fsp3) is 0.857. The van der Waals surface area contributed by atoms with Gasteiger partial charge in [-0.2, -0.15) is 0 Å². The first-order chi connectivity index (χ1) is 7.36. The van der Waals surface area contributed by atoms with Gasteiger partial charge in [-0.15, -0.1) is 0 Å². The normalized spacial score (nSPS) is 19.1. The van der Waals surface area contributed by atoms with Crippen molar-refractivity contribution in [2.24, 2.45) is 5.92 Å². The molecule has 88 valence electrons. The van der Waals surface area contributed by atoms with E-state index in [9.17, 15) is 0 Å². The molecule has 0 aromatic rings. The fourth-order valence-electron chi connectivity index (χ4n) is 2.41. The lowest BCUT2D eigenvalue weighted by atomic mass is 9.90. The molecule has 0 atom stereocenters. The van der Waals surface area contributed by atoms with Gasteiger partial charge < -0.3 is 0 Å². The number of hydrogen-bond donors (Lipinski definition) is 0. The molecule has 15 heavy (non-hydrogen) atoms. The maximum Gasteiger partial charge on any atom is -0.0230 e. The molecule has 0 aromatic heterocycles. The lowest BCUT2D eigenvalue weighted by Crippen LogP contribution is -2.02. The third kappa shape index (κ3) is 5.71. The van der Waals surface area contributed by atoms with Crippen LogP contribution in [-0.4, -0.2) is 12.3 Å². The fourth-order valence-corrected chi connectivity index (χ4v) is 4.56. The minimum absolute atomic E-state index is 0.234. The summed E-state index contributed by atoms with van der Waals surface area (Å²) in [5.74, 6) is 3.52. The van der Waals surface area contributed by atoms with Crippen molar-refractivity contribution in [2.45, 2.75) is 58.8 Å². The summed E-state index contributed by atoms with van der Waals surface area (Å²) in [6, 6.07) is 0. The lowest BCUT2D eigenvalue weighted by molar-refractivity contribution is 0.420. The molecule has 0 aromatic carbocycles. The van der Waals surface area contributed by atoms with Crippen LogP contribution in [0.1, 0.15) is 58.8 Å². The maximum absolute atomic E-state index is 2.60. The Balaban J connectivity index is 2.30. The summed E-state index contributed by atoms with van der Waals surface area (Å²) in [4.78, 5) is 0. The van der Waals surface area contributed by atoms with Crippen molar-refractivity contribution in [3.05, 3.63) is 11.9 Å². The molecule has 0 unspecified atom stereocenters. The number of hydrogen-bond acceptors (Lipinski definition) is 0. The Morgan fingerprint density at radius 2 is 1.60 bits per heavy atom. The van der Waals surface area contributed by atoms with Gasteiger partial charge in [-0.3, -0.25) is 0 Å². The van der Waals surface area contributed by atoms with E-state index in [0.717, 1.165) is 5.92 Å². The summed E-state index contributed by atoms with van der Waals surface area (Å²) in [5.41, 5.74) is 0. The number of allylic oxidation sites excluding steroid dienone is 1. The van der Waals surface area contributed by atoms with E-state index in [2.05, 4.69) is 25.7 Å². The first-order valence-electron chi connectivity index (χ1n) is 6.79. The zero-order valence-corrected chi connectivity index (χ0v) is 11.4. The van der Waals surface area contributed by atoms with Crippen LogP contribution in [0.3, 0.4) is 0 Å². The maximum atomic E-state index is 2.60. The molecule has 0 amide bonds. The summed E-state index contributed by atoms with van der Waals surface area (Å²) in [6.07, 6.45) is 15.5. The van der Waals surface area contributed by atoms with Crippen LogP contribution in [0, 0.1) is 5.92 Å². The Hall–Kier alpha value is 0.170. The minimum atomic E-state index is 0.234. The standard InChI is InChI=1S/C14H27P/c1-3-11-15(12-4-2)13-10-14-8-6-5-7-9-14/h10,13-14H,3-9,11-12H2,1-2H3/b13-10+. The predicted molar refractivity (Wildman–Crippen MR) is 73.0 cm³/mol. The second-order valence-corrected chi connectivity index (χ2v) is 7.15. The van der Waals surface area contributed by atoms with E-state index >= 15 is 0 Å². The van der Waals surface area contributed by atoms with Crippen LogP contribution in [-0.2, 0) is 0 Å². The van der Waals surface area contributed by atoms with Crippen molar-refractivity contribution in [1.82, 2.24) is 0 Å². The third-order valence-electron chi connectivity index (χ3n) is 3.24. The second kappa shape index (κ2) is 8.34. The molecule has 1 saturated carbocycles. The molecule has 0 spiro atoms. The molecular weight excluding hydrogens is 199 g/mol. The van der Waals surface area contributed by atoms with Crippen LogP contribution in [0.5, 0.6) is 0 Å². The van der Waals surface area contributed by atoms with E-state index in [-0.39, 0.29) is 7.92 Å². The van der Waals surface area contributed by atoms with E-state index in [4.69, 9.17) is 0 Å². The highest BCUT2D eigenvalue weighted by Crippen LogP contribution is 2.39. The SMILES string of the molecule is CCCP(/C=C/C1CCCCC1)CCC. The van der Waals surface area contributed by atoms with E-state index in [1.165, 1.54) is 57.3 Å². The summed E-state index contributed by atoms with van der Waals surface area (Å²) in [6.45, 7) is 4.64. The highest BCUT2D eigenvalue weighted by Gasteiger charge is 2.10. The van der Waals surface area contributed by atoms with E-state index in [1.54, 1.807) is 0 Å². The topological polar surface area (TPSA) is 0 Å². The van der Waals surface area contributed by atoms with Crippen molar-refractivity contribution < 1.29 is 0 Å². The third-order valence-corrected chi connectivity index (χ3v) is 5.88. The molecule has 1 aliphatic carbocycles. The Bertz CT molecular complexity index is 162. The molecule has 0 aliphatic heterocycles. The molecule has 1 rings (SSSR count). The highest BCUT2D eigenvalue weighted by molar-refractivity contribution is 7.60. The molecule has 0 bridgehead atoms. The van der Waals surface area contributed by atoms with Crippen molar-refractivity contribution in [2.75, 3.05) is 12.3 Å². The summed E-state index contributed by atoms with van der Waals surface area (Å²) >= 11 is 0. The van der Waals surface area contributed by atoms with Crippen LogP contribution in [0.15, 0.2) is 11.9 Å². The molecule has 1 fully saturated rings. The van der Waals surface area contributed by atoms with Crippen LogP contribution < -0.4 is 0 Å². The average Bonchev–Trinajstić information content (AvgIpc) is 2.28. The first-order valence-corrected chi connectivity index (χ1v) is 8.57. The molecular formula is C14H27P. The van der Waals surface area contributed by atoms with E-state index in [1.807, 2.05) is 0 Å². The van der Waals surface area contributed by atoms with Gasteiger partial charge in [-0.25, -0.2) is 0 Å². The second-order valence-electron chi connectivity index (χ2n) is 4.78. The molecule has 0 N–H and O–H groups in total. The van der Waals surface area contributed by atoms with Crippen molar-refractivity contribution in [1.29, 1.82) is 0 Å². The zero-order valence-electron chi connectivity index (χ0n) is 10.5. The van der Waals surface area contributed by atoms with E-state index in [0.29, 0.717) is 0 Å². The number of rotatable bonds is 6. The zero-order chi connectivity index (χ0) is 10.9. The van der Waals surface area contributed by atoms with Crippen molar-refractivity contribution in [3.63, 3.8) is 0 Å². The smallest absolute Gasteiger partial charge is 0.0230 e. The predicted octanol–water partition coefficient (Wildman–Crippen LogP) is 5.38. The quantitative estimate of drug-likeness (QED) is 0.533. The van der Waals surface area contributed by atoms with Gasteiger partial charge in [0.2, 0.25) is 0 Å². The summed E-state index contributed by atoms with van der Waals surface area (Å²) < 4.78 is 0. The monoisotopic (exact) mass is 226 g/mol. The molecule has 1 aliphatic rings. The van der Waals surface area contributed by atoms with Gasteiger partial charge in [0.1, 0.15) is 0 Å². The highest BCUT2D eigenvalue weighted by atomic mass is 31.1. The van der Waals surface area contributed by atoms with E-state index < -0.39 is 0 Å². The molecule has 0 radical (unpaired) electrons. The lowest BCUT2D eigenvalue weighted by Gasteiger charge is -2.19. The molecule has 0 heterocycles. The van der Waals surface area contributed by atoms with Gasteiger partial charge in [0.25, 0.3) is 0 Å². The van der Waals surface area contributed by atoms with Crippen LogP contribution in [0.2, 0.25) is 0 Å². The molecule has 1 heteroatoms. The van der Waals surface area contributed by atoms with Gasteiger partial charge in [0.15, 0.2) is 0 Å². The Labute approximate surface area is 97.3 Å². The summed E-state index contributed by atoms with van der Waals surface area (Å²) in [5, 5.41) is 0. The van der Waals surface area contributed by atoms with Gasteiger partial charge in [0.05, 0.1) is 0 Å². The van der Waals surface area contributed by atoms with Gasteiger partial charge in [0, 0.05) is 0 Å². The van der Waals surface area contributed by atoms with Crippen LogP contribution >= 0.6 is 7.92 Å². The van der Waals surface area contributed by atoms with Crippen LogP contribution in [0.4, 0.5) is 0 Å². The van der Waals surface area contributed by atoms with Gasteiger partial charge in [-0.05, 0) is 31.1 Å². The Morgan fingerprint density at radius 1 is 1.00 bits per heavy atom. The molecule has 0 nitrogen and oxygen atoms in total. The minimum Gasteiger partial charge on any atom is -0.0836 e. The van der Waals surface area contributed by atoms with Crippen LogP contribution in [0.25, 0.3) is 0 Å². The Morgan fingerprint density at radius 3 is 2.13 bits per heavy atom.